The van der Waals surface area contributed by atoms with Crippen LogP contribution < -0.4 is 4.74 Å². The molecule has 0 fully saturated rings. The minimum Gasteiger partial charge on any atom is -0.439 e. The Labute approximate surface area is 93.7 Å². The molecular weight excluding hydrogens is 221 g/mol. The summed E-state index contributed by atoms with van der Waals surface area (Å²) in [5, 5.41) is 0.945. The van der Waals surface area contributed by atoms with Gasteiger partial charge in [0.1, 0.15) is 0 Å². The fraction of sp³-hybridized carbons (Fsp3) is 0.200. The summed E-state index contributed by atoms with van der Waals surface area (Å²) in [6, 6.07) is 5.19. The Morgan fingerprint density at radius 2 is 1.79 bits per heavy atom. The van der Waals surface area contributed by atoms with E-state index in [4.69, 9.17) is 27.9 Å². The predicted molar refractivity (Wildman–Crippen MR) is 59.9 cm³/mol. The molecule has 0 aliphatic rings. The maximum absolute atomic E-state index is 5.91. The van der Waals surface area contributed by atoms with Gasteiger partial charge in [-0.05, 0) is 18.7 Å². The first-order chi connectivity index (χ1) is 6.52. The van der Waals surface area contributed by atoms with E-state index in [1.54, 1.807) is 23.1 Å². The molecule has 0 aliphatic carbocycles. The van der Waals surface area contributed by atoms with Crippen LogP contribution in [0, 0.1) is 0 Å². The van der Waals surface area contributed by atoms with Crippen LogP contribution in [0.4, 0.5) is 0 Å². The summed E-state index contributed by atoms with van der Waals surface area (Å²) in [5.41, 5.74) is 0. The molecule has 4 heteroatoms. The highest BCUT2D eigenvalue weighted by Gasteiger charge is 2.08. The summed E-state index contributed by atoms with van der Waals surface area (Å²) in [5.74, 6) is 0.925. The lowest BCUT2D eigenvalue weighted by molar-refractivity contribution is 0.284. The number of hydrogen-bond acceptors (Lipinski definition) is 2. The lowest BCUT2D eigenvalue weighted by Crippen LogP contribution is -2.15. The van der Waals surface area contributed by atoms with Crippen molar-refractivity contribution in [1.29, 1.82) is 0 Å². The third kappa shape index (κ3) is 2.56. The summed E-state index contributed by atoms with van der Waals surface area (Å²) in [7, 11) is 3.65. The van der Waals surface area contributed by atoms with Gasteiger partial charge in [0.05, 0.1) is 10.0 Å². The maximum Gasteiger partial charge on any atom is 0.188 e. The van der Waals surface area contributed by atoms with E-state index < -0.39 is 0 Å². The fourth-order valence-corrected chi connectivity index (χ4v) is 1.26. The van der Waals surface area contributed by atoms with Gasteiger partial charge in [-0.1, -0.05) is 29.3 Å². The Morgan fingerprint density at radius 3 is 2.21 bits per heavy atom. The molecule has 1 aromatic carbocycles. The van der Waals surface area contributed by atoms with E-state index >= 15 is 0 Å². The average molecular weight is 232 g/mol. The van der Waals surface area contributed by atoms with Crippen LogP contribution in [0.5, 0.6) is 5.75 Å². The Bertz CT molecular complexity index is 330. The van der Waals surface area contributed by atoms with Crippen molar-refractivity contribution in [1.82, 2.24) is 4.90 Å². The van der Waals surface area contributed by atoms with Gasteiger partial charge in [0.2, 0.25) is 0 Å². The minimum absolute atomic E-state index is 0.439. The highest BCUT2D eigenvalue weighted by Crippen LogP contribution is 2.33. The summed E-state index contributed by atoms with van der Waals surface area (Å²) in [6.45, 7) is 3.72. The molecule has 0 aromatic heterocycles. The SMILES string of the molecule is C=C(Oc1c(Cl)cccc1Cl)N(C)C. The smallest absolute Gasteiger partial charge is 0.188 e. The second kappa shape index (κ2) is 4.58. The van der Waals surface area contributed by atoms with E-state index in [0.29, 0.717) is 21.7 Å². The molecule has 0 radical (unpaired) electrons. The summed E-state index contributed by atoms with van der Waals surface area (Å²) >= 11 is 11.8. The van der Waals surface area contributed by atoms with E-state index in [-0.39, 0.29) is 0 Å². The molecule has 0 atom stereocenters. The number of rotatable bonds is 3. The van der Waals surface area contributed by atoms with Gasteiger partial charge in [0, 0.05) is 14.1 Å². The first-order valence-electron chi connectivity index (χ1n) is 4.00. The fourth-order valence-electron chi connectivity index (χ4n) is 0.789. The third-order valence-corrected chi connectivity index (χ3v) is 2.23. The van der Waals surface area contributed by atoms with Gasteiger partial charge < -0.3 is 9.64 Å². The highest BCUT2D eigenvalue weighted by molar-refractivity contribution is 6.37. The van der Waals surface area contributed by atoms with Crippen molar-refractivity contribution < 1.29 is 4.74 Å². The standard InChI is InChI=1S/C10H11Cl2NO/c1-7(13(2)3)14-10-8(11)5-4-6-9(10)12/h4-6H,1H2,2-3H3. The van der Waals surface area contributed by atoms with Crippen molar-refractivity contribution in [3.05, 3.63) is 40.7 Å². The second-order valence-electron chi connectivity index (χ2n) is 2.94. The summed E-state index contributed by atoms with van der Waals surface area (Å²) in [6.07, 6.45) is 0. The molecule has 76 valence electrons. The summed E-state index contributed by atoms with van der Waals surface area (Å²) < 4.78 is 5.40. The molecule has 14 heavy (non-hydrogen) atoms. The van der Waals surface area contributed by atoms with E-state index in [1.807, 2.05) is 14.1 Å². The molecule has 0 bridgehead atoms. The summed E-state index contributed by atoms with van der Waals surface area (Å²) in [4.78, 5) is 1.74. The molecule has 1 aromatic rings. The first-order valence-corrected chi connectivity index (χ1v) is 4.76. The number of hydrogen-bond donors (Lipinski definition) is 0. The van der Waals surface area contributed by atoms with Crippen LogP contribution in [-0.2, 0) is 0 Å². The van der Waals surface area contributed by atoms with Crippen LogP contribution in [0.2, 0.25) is 10.0 Å². The zero-order chi connectivity index (χ0) is 10.7. The number of para-hydroxylation sites is 1. The van der Waals surface area contributed by atoms with Crippen molar-refractivity contribution in [2.24, 2.45) is 0 Å². The van der Waals surface area contributed by atoms with Crippen LogP contribution in [-0.4, -0.2) is 19.0 Å². The number of ether oxygens (including phenoxy) is 1. The quantitative estimate of drug-likeness (QED) is 0.740. The molecule has 2 nitrogen and oxygen atoms in total. The lowest BCUT2D eigenvalue weighted by atomic mass is 10.3. The Hall–Kier alpha value is -0.860. The Kier molecular flexibility index (Phi) is 3.67. The Balaban J connectivity index is 2.91. The third-order valence-electron chi connectivity index (χ3n) is 1.64. The van der Waals surface area contributed by atoms with Crippen molar-refractivity contribution >= 4 is 23.2 Å². The monoisotopic (exact) mass is 231 g/mol. The molecule has 0 amide bonds. The van der Waals surface area contributed by atoms with E-state index in [0.717, 1.165) is 0 Å². The van der Waals surface area contributed by atoms with Crippen molar-refractivity contribution in [3.63, 3.8) is 0 Å². The van der Waals surface area contributed by atoms with Crippen molar-refractivity contribution in [2.75, 3.05) is 14.1 Å². The van der Waals surface area contributed by atoms with Crippen LogP contribution in [0.25, 0.3) is 0 Å². The van der Waals surface area contributed by atoms with Gasteiger partial charge in [-0.15, -0.1) is 0 Å². The molecule has 0 unspecified atom stereocenters. The molecule has 1 rings (SSSR count). The normalized spacial score (nSPS) is 9.71. The zero-order valence-corrected chi connectivity index (χ0v) is 9.56. The molecule has 0 aliphatic heterocycles. The first kappa shape index (κ1) is 11.2. The van der Waals surface area contributed by atoms with Crippen molar-refractivity contribution in [3.8, 4) is 5.75 Å². The molecule has 0 saturated carbocycles. The van der Waals surface area contributed by atoms with Gasteiger partial charge in [-0.25, -0.2) is 0 Å². The van der Waals surface area contributed by atoms with Crippen molar-refractivity contribution in [2.45, 2.75) is 0 Å². The van der Waals surface area contributed by atoms with E-state index in [9.17, 15) is 0 Å². The van der Waals surface area contributed by atoms with Gasteiger partial charge in [0.15, 0.2) is 11.6 Å². The van der Waals surface area contributed by atoms with E-state index in [2.05, 4.69) is 6.58 Å². The lowest BCUT2D eigenvalue weighted by Gasteiger charge is -2.17. The number of benzene rings is 1. The average Bonchev–Trinajstić information content (AvgIpc) is 2.11. The number of halogens is 2. The molecule has 0 saturated heterocycles. The zero-order valence-electron chi connectivity index (χ0n) is 8.05. The van der Waals surface area contributed by atoms with E-state index in [1.165, 1.54) is 0 Å². The maximum atomic E-state index is 5.91. The van der Waals surface area contributed by atoms with Crippen LogP contribution in [0.1, 0.15) is 0 Å². The predicted octanol–water partition coefficient (Wildman–Crippen LogP) is 3.41. The Morgan fingerprint density at radius 1 is 1.29 bits per heavy atom. The van der Waals surface area contributed by atoms with Gasteiger partial charge in [-0.2, -0.15) is 0 Å². The van der Waals surface area contributed by atoms with Crippen LogP contribution >= 0.6 is 23.2 Å². The topological polar surface area (TPSA) is 12.5 Å². The van der Waals surface area contributed by atoms with Crippen LogP contribution in [0.15, 0.2) is 30.7 Å². The minimum atomic E-state index is 0.439. The molecule has 0 heterocycles. The molecular formula is C10H11Cl2NO. The highest BCUT2D eigenvalue weighted by atomic mass is 35.5. The second-order valence-corrected chi connectivity index (χ2v) is 3.76. The molecule has 0 N–H and O–H groups in total. The number of nitrogens with zero attached hydrogens (tertiary/aromatic N) is 1. The van der Waals surface area contributed by atoms with Gasteiger partial charge in [0.25, 0.3) is 0 Å². The largest absolute Gasteiger partial charge is 0.439 e. The van der Waals surface area contributed by atoms with Gasteiger partial charge >= 0.3 is 0 Å². The molecule has 0 spiro atoms. The van der Waals surface area contributed by atoms with Crippen LogP contribution in [0.3, 0.4) is 0 Å². The van der Waals surface area contributed by atoms with Gasteiger partial charge in [-0.3, -0.25) is 0 Å².